The lowest BCUT2D eigenvalue weighted by Gasteiger charge is -2.23. The molecule has 4 rings (SSSR count). The molecule has 34 heavy (non-hydrogen) atoms. The van der Waals surface area contributed by atoms with Gasteiger partial charge in [-0.15, -0.1) is 11.3 Å². The third-order valence-corrected chi connectivity index (χ3v) is 6.49. The number of aryl methyl sites for hydroxylation is 1. The van der Waals surface area contributed by atoms with Crippen molar-refractivity contribution in [2.45, 2.75) is 25.8 Å². The van der Waals surface area contributed by atoms with Crippen molar-refractivity contribution in [1.29, 1.82) is 0 Å². The van der Waals surface area contributed by atoms with Crippen LogP contribution in [0, 0.1) is 5.82 Å². The summed E-state index contributed by atoms with van der Waals surface area (Å²) >= 11 is 1.45. The highest BCUT2D eigenvalue weighted by Crippen LogP contribution is 2.17. The van der Waals surface area contributed by atoms with Crippen LogP contribution in [0.4, 0.5) is 4.39 Å². The first-order chi connectivity index (χ1) is 16.6. The molecular formula is C26H27FN4O2S. The summed E-state index contributed by atoms with van der Waals surface area (Å²) in [5, 5.41) is 2.51. The molecule has 2 aromatic heterocycles. The van der Waals surface area contributed by atoms with E-state index in [9.17, 15) is 14.0 Å². The minimum atomic E-state index is -0.378. The number of rotatable bonds is 10. The molecule has 0 radical (unpaired) electrons. The summed E-state index contributed by atoms with van der Waals surface area (Å²) in [6.07, 6.45) is 1.85. The van der Waals surface area contributed by atoms with Gasteiger partial charge in [-0.1, -0.05) is 30.3 Å². The van der Waals surface area contributed by atoms with Crippen molar-refractivity contribution in [2.24, 2.45) is 5.73 Å². The second-order valence-corrected chi connectivity index (χ2v) is 8.98. The Kier molecular flexibility index (Phi) is 7.82. The number of hydrogen-bond donors (Lipinski definition) is 1. The number of carbonyl (C=O) groups is 1. The normalized spacial score (nSPS) is 11.1. The maximum Gasteiger partial charge on any atom is 0.262 e. The Morgan fingerprint density at radius 1 is 1.03 bits per heavy atom. The van der Waals surface area contributed by atoms with Crippen LogP contribution in [0.1, 0.15) is 34.6 Å². The highest BCUT2D eigenvalue weighted by atomic mass is 32.1. The van der Waals surface area contributed by atoms with Crippen LogP contribution in [0.5, 0.6) is 0 Å². The zero-order valence-electron chi connectivity index (χ0n) is 18.8. The number of hydrogen-bond acceptors (Lipinski definition) is 5. The molecule has 0 aliphatic heterocycles. The Morgan fingerprint density at radius 2 is 1.76 bits per heavy atom. The van der Waals surface area contributed by atoms with Crippen molar-refractivity contribution in [1.82, 2.24) is 14.5 Å². The lowest BCUT2D eigenvalue weighted by atomic mass is 10.1. The van der Waals surface area contributed by atoms with Crippen LogP contribution in [0.25, 0.3) is 10.2 Å². The van der Waals surface area contributed by atoms with Gasteiger partial charge in [-0.3, -0.25) is 14.2 Å². The molecule has 2 aromatic carbocycles. The summed E-state index contributed by atoms with van der Waals surface area (Å²) in [6, 6.07) is 17.2. The minimum Gasteiger partial charge on any atom is -0.339 e. The Balaban J connectivity index is 1.54. The van der Waals surface area contributed by atoms with E-state index >= 15 is 0 Å². The van der Waals surface area contributed by atoms with E-state index in [-0.39, 0.29) is 17.3 Å². The lowest BCUT2D eigenvalue weighted by Crippen LogP contribution is -2.34. The molecule has 0 aliphatic carbocycles. The van der Waals surface area contributed by atoms with Gasteiger partial charge >= 0.3 is 0 Å². The van der Waals surface area contributed by atoms with Crippen molar-refractivity contribution in [3.05, 3.63) is 99.2 Å². The van der Waals surface area contributed by atoms with Gasteiger partial charge in [0, 0.05) is 25.1 Å². The number of amides is 1. The van der Waals surface area contributed by atoms with E-state index in [4.69, 9.17) is 10.7 Å². The fourth-order valence-electron chi connectivity index (χ4n) is 3.91. The van der Waals surface area contributed by atoms with Gasteiger partial charge in [0.1, 0.15) is 16.5 Å². The molecule has 2 N–H and O–H groups in total. The Hall–Kier alpha value is -3.36. The monoisotopic (exact) mass is 478 g/mol. The second kappa shape index (κ2) is 11.2. The molecule has 4 aromatic rings. The smallest absolute Gasteiger partial charge is 0.262 e. The quantitative estimate of drug-likeness (QED) is 0.373. The van der Waals surface area contributed by atoms with E-state index in [2.05, 4.69) is 0 Å². The van der Waals surface area contributed by atoms with Crippen molar-refractivity contribution in [3.63, 3.8) is 0 Å². The summed E-state index contributed by atoms with van der Waals surface area (Å²) in [4.78, 5) is 33.4. The number of fused-ring (bicyclic) bond motifs is 1. The van der Waals surface area contributed by atoms with Gasteiger partial charge in [-0.25, -0.2) is 9.37 Å². The topological polar surface area (TPSA) is 81.2 Å². The van der Waals surface area contributed by atoms with E-state index < -0.39 is 0 Å². The van der Waals surface area contributed by atoms with Crippen LogP contribution in [-0.2, 0) is 13.0 Å². The first-order valence-electron chi connectivity index (χ1n) is 11.3. The zero-order chi connectivity index (χ0) is 23.9. The summed E-state index contributed by atoms with van der Waals surface area (Å²) in [7, 11) is 0. The average molecular weight is 479 g/mol. The maximum absolute atomic E-state index is 13.3. The molecule has 176 valence electrons. The van der Waals surface area contributed by atoms with E-state index in [0.29, 0.717) is 62.2 Å². The van der Waals surface area contributed by atoms with E-state index in [0.717, 1.165) is 10.4 Å². The van der Waals surface area contributed by atoms with Crippen LogP contribution in [0.3, 0.4) is 0 Å². The van der Waals surface area contributed by atoms with Crippen LogP contribution in [0.2, 0.25) is 0 Å². The molecule has 0 saturated carbocycles. The molecule has 1 amide bonds. The first kappa shape index (κ1) is 23.8. The van der Waals surface area contributed by atoms with Crippen LogP contribution >= 0.6 is 11.3 Å². The fraction of sp³-hybridized carbons (Fsp3) is 0.269. The summed E-state index contributed by atoms with van der Waals surface area (Å²) in [6.45, 7) is 1.92. The number of nitrogens with zero attached hydrogens (tertiary/aromatic N) is 3. The molecule has 0 atom stereocenters. The number of nitrogens with two attached hydrogens (primary N) is 1. The van der Waals surface area contributed by atoms with Gasteiger partial charge in [-0.2, -0.15) is 0 Å². The third kappa shape index (κ3) is 5.58. The zero-order valence-corrected chi connectivity index (χ0v) is 19.6. The molecule has 0 fully saturated rings. The number of carbonyl (C=O) groups excluding carboxylic acids is 1. The van der Waals surface area contributed by atoms with Gasteiger partial charge in [0.25, 0.3) is 11.5 Å². The maximum atomic E-state index is 13.3. The highest BCUT2D eigenvalue weighted by molar-refractivity contribution is 7.16. The summed E-state index contributed by atoms with van der Waals surface area (Å²) in [5.41, 5.74) is 7.09. The standard InChI is InChI=1S/C26H27FN4O2S/c27-21-11-9-20(10-12-21)25(32)30(16-5-14-28)15-4-8-23-29-24-22(13-17-34-24)26(33)31(23)18-19-6-2-1-3-7-19/h1-3,6-7,9-13,17H,4-5,8,14-16,18,28H2. The molecule has 0 spiro atoms. The predicted molar refractivity (Wildman–Crippen MR) is 134 cm³/mol. The van der Waals surface area contributed by atoms with Gasteiger partial charge in [-0.05, 0) is 60.7 Å². The molecule has 0 saturated heterocycles. The van der Waals surface area contributed by atoms with E-state index in [1.807, 2.05) is 41.8 Å². The summed E-state index contributed by atoms with van der Waals surface area (Å²) < 4.78 is 15.0. The first-order valence-corrected chi connectivity index (χ1v) is 12.2. The van der Waals surface area contributed by atoms with Crippen LogP contribution < -0.4 is 11.3 Å². The largest absolute Gasteiger partial charge is 0.339 e. The predicted octanol–water partition coefficient (Wildman–Crippen LogP) is 4.07. The molecule has 6 nitrogen and oxygen atoms in total. The van der Waals surface area contributed by atoms with Crippen molar-refractivity contribution < 1.29 is 9.18 Å². The summed E-state index contributed by atoms with van der Waals surface area (Å²) in [5.74, 6) is 0.171. The number of aromatic nitrogens is 2. The number of halogens is 1. The highest BCUT2D eigenvalue weighted by Gasteiger charge is 2.17. The molecule has 0 bridgehead atoms. The SMILES string of the molecule is NCCCN(CCCc1nc2sccc2c(=O)n1Cc1ccccc1)C(=O)c1ccc(F)cc1. The number of thiophene rings is 1. The lowest BCUT2D eigenvalue weighted by molar-refractivity contribution is 0.0752. The second-order valence-electron chi connectivity index (χ2n) is 8.09. The van der Waals surface area contributed by atoms with Crippen molar-refractivity contribution in [2.75, 3.05) is 19.6 Å². The average Bonchev–Trinajstić information content (AvgIpc) is 3.33. The Bertz CT molecular complexity index is 1300. The van der Waals surface area contributed by atoms with Gasteiger partial charge < -0.3 is 10.6 Å². The van der Waals surface area contributed by atoms with Crippen molar-refractivity contribution >= 4 is 27.5 Å². The van der Waals surface area contributed by atoms with E-state index in [1.165, 1.54) is 35.6 Å². The van der Waals surface area contributed by atoms with Crippen LogP contribution in [-0.4, -0.2) is 40.0 Å². The molecular weight excluding hydrogens is 451 g/mol. The van der Waals surface area contributed by atoms with Gasteiger partial charge in [0.15, 0.2) is 0 Å². The molecule has 2 heterocycles. The Morgan fingerprint density at radius 3 is 2.50 bits per heavy atom. The van der Waals surface area contributed by atoms with Crippen LogP contribution in [0.15, 0.2) is 70.8 Å². The minimum absolute atomic E-state index is 0.0486. The number of benzene rings is 2. The van der Waals surface area contributed by atoms with E-state index in [1.54, 1.807) is 9.47 Å². The molecule has 0 unspecified atom stereocenters. The third-order valence-electron chi connectivity index (χ3n) is 5.68. The van der Waals surface area contributed by atoms with Crippen molar-refractivity contribution in [3.8, 4) is 0 Å². The molecule has 8 heteroatoms. The fourth-order valence-corrected chi connectivity index (χ4v) is 4.68. The van der Waals surface area contributed by atoms with Gasteiger partial charge in [0.2, 0.25) is 0 Å². The molecule has 0 aliphatic rings. The Labute approximate surface area is 201 Å². The van der Waals surface area contributed by atoms with Gasteiger partial charge in [0.05, 0.1) is 11.9 Å².